The first-order chi connectivity index (χ1) is 17.0. The Bertz CT molecular complexity index is 1240. The molecular formula is C26H38N4O5S2. The van der Waals surface area contributed by atoms with E-state index < -0.39 is 38.6 Å². The van der Waals surface area contributed by atoms with Gasteiger partial charge in [-0.25, -0.2) is 22.9 Å². The molecule has 0 radical (unpaired) electrons. The highest BCUT2D eigenvalue weighted by Crippen LogP contribution is 2.47. The minimum absolute atomic E-state index is 0.0861. The van der Waals surface area contributed by atoms with Gasteiger partial charge in [0.05, 0.1) is 11.1 Å². The Morgan fingerprint density at radius 1 is 1.22 bits per heavy atom. The maximum atomic E-state index is 13.8. The van der Waals surface area contributed by atoms with Gasteiger partial charge in [-0.15, -0.1) is 0 Å². The number of nitrogens with zero attached hydrogens (tertiary/aromatic N) is 2. The maximum absolute atomic E-state index is 13.8. The monoisotopic (exact) mass is 550 g/mol. The number of rotatable bonds is 6. The number of carbonyl (C=O) groups is 2. The summed E-state index contributed by atoms with van der Waals surface area (Å²) in [7, 11) is -4.00. The summed E-state index contributed by atoms with van der Waals surface area (Å²) in [5.74, 6) is 0.897. The molecule has 1 fully saturated rings. The van der Waals surface area contributed by atoms with E-state index in [1.807, 2.05) is 0 Å². The van der Waals surface area contributed by atoms with Gasteiger partial charge in [-0.2, -0.15) is 0 Å². The van der Waals surface area contributed by atoms with Crippen LogP contribution in [0.15, 0.2) is 22.6 Å². The molecule has 2 unspecified atom stereocenters. The normalized spacial score (nSPS) is 22.2. The van der Waals surface area contributed by atoms with Gasteiger partial charge in [0, 0.05) is 11.9 Å². The third-order valence-electron chi connectivity index (χ3n) is 7.24. The number of anilines is 1. The van der Waals surface area contributed by atoms with Crippen molar-refractivity contribution in [2.45, 2.75) is 96.1 Å². The molecule has 204 valence electrons. The number of thioether (sulfide) groups is 1. The molecule has 1 heterocycles. The average Bonchev–Trinajstić information content (AvgIpc) is 3.29. The highest BCUT2D eigenvalue weighted by Gasteiger charge is 2.46. The first kappa shape index (κ1) is 27.8. The topological polar surface area (TPSA) is 134 Å². The van der Waals surface area contributed by atoms with Gasteiger partial charge in [-0.1, -0.05) is 30.8 Å². The highest BCUT2D eigenvalue weighted by molar-refractivity contribution is 8.19. The van der Waals surface area contributed by atoms with E-state index in [0.29, 0.717) is 16.1 Å². The smallest absolute Gasteiger partial charge is 0.420 e. The molecule has 0 aromatic heterocycles. The summed E-state index contributed by atoms with van der Waals surface area (Å²) in [6.07, 6.45) is 4.99. The summed E-state index contributed by atoms with van der Waals surface area (Å²) in [5.41, 5.74) is 1.74. The summed E-state index contributed by atoms with van der Waals surface area (Å²) < 4.78 is 22.8. The summed E-state index contributed by atoms with van der Waals surface area (Å²) in [5, 5.41) is 22.9. The number of aliphatic hydroxyl groups is 1. The number of hydrogen-bond donors (Lipinski definition) is 4. The molecule has 0 bridgehead atoms. The van der Waals surface area contributed by atoms with E-state index in [1.54, 1.807) is 20.8 Å². The fraction of sp³-hybridized carbons (Fsp3) is 0.615. The summed E-state index contributed by atoms with van der Waals surface area (Å²) in [4.78, 5) is 27.0. The van der Waals surface area contributed by atoms with Crippen molar-refractivity contribution in [2.24, 2.45) is 5.92 Å². The third-order valence-corrected chi connectivity index (χ3v) is 11.4. The van der Waals surface area contributed by atoms with Gasteiger partial charge in [0.15, 0.2) is 9.92 Å². The molecule has 9 nitrogen and oxygen atoms in total. The number of hydrogen-bond acceptors (Lipinski definition) is 6. The quantitative estimate of drug-likeness (QED) is 0.348. The zero-order valence-electron chi connectivity index (χ0n) is 22.3. The largest absolute Gasteiger partial charge is 0.464 e. The van der Waals surface area contributed by atoms with Crippen LogP contribution in [0.2, 0.25) is 0 Å². The summed E-state index contributed by atoms with van der Waals surface area (Å²) >= 11 is 0.892. The summed E-state index contributed by atoms with van der Waals surface area (Å²) in [6, 6.07) is 3.77. The van der Waals surface area contributed by atoms with Crippen molar-refractivity contribution in [1.82, 2.24) is 9.21 Å². The van der Waals surface area contributed by atoms with E-state index >= 15 is 0 Å². The van der Waals surface area contributed by atoms with Crippen LogP contribution in [0.5, 0.6) is 0 Å². The van der Waals surface area contributed by atoms with E-state index in [0.717, 1.165) is 47.8 Å². The van der Waals surface area contributed by atoms with Gasteiger partial charge in [0.1, 0.15) is 9.61 Å². The highest BCUT2D eigenvalue weighted by atomic mass is 32.3. The molecule has 4 N–H and O–H groups in total. The van der Waals surface area contributed by atoms with Crippen LogP contribution in [0.25, 0.3) is 0 Å². The number of benzene rings is 1. The van der Waals surface area contributed by atoms with Crippen molar-refractivity contribution in [2.75, 3.05) is 5.32 Å². The van der Waals surface area contributed by atoms with Gasteiger partial charge in [-0.05, 0) is 95.2 Å². The number of carboxylic acid groups (broad SMARTS) is 1. The Morgan fingerprint density at radius 3 is 2.41 bits per heavy atom. The van der Waals surface area contributed by atoms with E-state index in [-0.39, 0.29) is 4.24 Å². The van der Waals surface area contributed by atoms with Crippen LogP contribution in [-0.2, 0) is 22.8 Å². The lowest BCUT2D eigenvalue weighted by atomic mass is 9.91. The van der Waals surface area contributed by atoms with E-state index in [4.69, 9.17) is 4.78 Å². The maximum Gasteiger partial charge on any atom is 0.420 e. The van der Waals surface area contributed by atoms with Gasteiger partial charge >= 0.3 is 12.1 Å². The molecule has 0 spiro atoms. The minimum atomic E-state index is -4.00. The van der Waals surface area contributed by atoms with Crippen LogP contribution < -0.4 is 5.32 Å². The molecule has 11 heteroatoms. The van der Waals surface area contributed by atoms with Gasteiger partial charge in [0.25, 0.3) is 0 Å². The van der Waals surface area contributed by atoms with Gasteiger partial charge < -0.3 is 15.5 Å². The van der Waals surface area contributed by atoms with Gasteiger partial charge in [0.2, 0.25) is 0 Å². The molecule has 37 heavy (non-hydrogen) atoms. The lowest BCUT2D eigenvalue weighted by molar-refractivity contribution is 0.0470. The standard InChI is InChI=1S/C26H38N4O5S2/c1-15(16-10-11-16)18-13-12-17-8-7-9-19(17)21(18)28-23(31)29-14-20(36-22(29)26(5,6)34)37(27,35)30(24(32)33)25(2,3)4/h12-16,22,27,34H,7-11H2,1-6H3,(H,28,31)(H,32,33)/t15-,22?,37?/m0/s1. The zero-order chi connectivity index (χ0) is 27.5. The summed E-state index contributed by atoms with van der Waals surface area (Å²) in [6.45, 7) is 9.94. The number of carbonyl (C=O) groups excluding carboxylic acids is 1. The molecule has 1 saturated carbocycles. The number of urea groups is 1. The van der Waals surface area contributed by atoms with E-state index in [9.17, 15) is 24.0 Å². The number of amides is 3. The molecule has 4 rings (SSSR count). The van der Waals surface area contributed by atoms with Crippen molar-refractivity contribution in [3.8, 4) is 0 Å². The molecule has 3 amide bonds. The second kappa shape index (κ2) is 9.50. The molecule has 1 aliphatic heterocycles. The Hall–Kier alpha value is -2.24. The van der Waals surface area contributed by atoms with Crippen LogP contribution in [0.3, 0.4) is 0 Å². The fourth-order valence-corrected chi connectivity index (χ4v) is 8.67. The molecule has 1 aromatic rings. The Morgan fingerprint density at radius 2 is 1.86 bits per heavy atom. The first-order valence-corrected chi connectivity index (χ1v) is 15.1. The molecular weight excluding hydrogens is 512 g/mol. The van der Waals surface area contributed by atoms with Gasteiger partial charge in [-0.3, -0.25) is 4.90 Å². The molecule has 3 aliphatic rings. The van der Waals surface area contributed by atoms with E-state index in [1.165, 1.54) is 43.4 Å². The zero-order valence-corrected chi connectivity index (χ0v) is 24.0. The number of aryl methyl sites for hydroxylation is 1. The van der Waals surface area contributed by atoms with E-state index in [2.05, 4.69) is 24.4 Å². The molecule has 0 saturated heterocycles. The Balaban J connectivity index is 1.72. The molecule has 3 atom stereocenters. The van der Waals surface area contributed by atoms with Crippen molar-refractivity contribution >= 4 is 39.5 Å². The first-order valence-electron chi connectivity index (χ1n) is 12.7. The molecule has 1 aromatic carbocycles. The average molecular weight is 551 g/mol. The van der Waals surface area contributed by atoms with Crippen LogP contribution in [0.4, 0.5) is 15.3 Å². The van der Waals surface area contributed by atoms with Crippen molar-refractivity contribution in [3.05, 3.63) is 39.3 Å². The minimum Gasteiger partial charge on any atom is -0.464 e. The van der Waals surface area contributed by atoms with Crippen LogP contribution >= 0.6 is 11.8 Å². The van der Waals surface area contributed by atoms with Crippen molar-refractivity contribution < 1.29 is 24.0 Å². The lowest BCUT2D eigenvalue weighted by Gasteiger charge is -2.34. The van der Waals surface area contributed by atoms with Crippen LogP contribution in [-0.4, -0.2) is 52.3 Å². The number of fused-ring (bicyclic) bond motifs is 1. The lowest BCUT2D eigenvalue weighted by Crippen LogP contribution is -2.48. The second-order valence-corrected chi connectivity index (χ2v) is 15.1. The van der Waals surface area contributed by atoms with Crippen molar-refractivity contribution in [1.29, 1.82) is 4.78 Å². The predicted octanol–water partition coefficient (Wildman–Crippen LogP) is 5.91. The van der Waals surface area contributed by atoms with Crippen LogP contribution in [0, 0.1) is 10.7 Å². The molecule has 2 aliphatic carbocycles. The Kier molecular flexibility index (Phi) is 7.13. The van der Waals surface area contributed by atoms with Crippen LogP contribution in [0.1, 0.15) is 83.4 Å². The third kappa shape index (κ3) is 5.35. The Labute approximate surface area is 223 Å². The second-order valence-electron chi connectivity index (χ2n) is 11.8. The predicted molar refractivity (Wildman–Crippen MR) is 147 cm³/mol. The number of nitrogens with one attached hydrogen (secondary N) is 2. The van der Waals surface area contributed by atoms with Crippen molar-refractivity contribution in [3.63, 3.8) is 0 Å². The fourth-order valence-electron chi connectivity index (χ4n) is 5.27. The SMILES string of the molecule is C[C@H](c1ccc2c(c1NC(=O)N1C=C(S(=N)(=O)N(C(=O)O)C(C)(C)C)SC1C(C)(C)O)CCC2)C1CC1.